The van der Waals surface area contributed by atoms with Crippen LogP contribution < -0.4 is 5.32 Å². The molecule has 0 saturated carbocycles. The van der Waals surface area contributed by atoms with Crippen molar-refractivity contribution in [2.24, 2.45) is 0 Å². The zero-order valence-electron chi connectivity index (χ0n) is 9.16. The van der Waals surface area contributed by atoms with Crippen molar-refractivity contribution in [3.05, 3.63) is 46.3 Å². The maximum atomic E-state index is 4.28. The Bertz CT molecular complexity index is 511. The van der Waals surface area contributed by atoms with Crippen molar-refractivity contribution in [2.45, 2.75) is 13.8 Å². The number of nitrogens with zero attached hydrogens (tertiary/aromatic N) is 2. The molecule has 0 aliphatic heterocycles. The third-order valence-corrected chi connectivity index (χ3v) is 3.22. The molecule has 2 rings (SSSR count). The molecule has 82 valence electrons. The highest BCUT2D eigenvalue weighted by Gasteiger charge is 2.04. The van der Waals surface area contributed by atoms with Crippen molar-refractivity contribution in [2.75, 3.05) is 5.32 Å². The van der Waals surface area contributed by atoms with E-state index >= 15 is 0 Å². The van der Waals surface area contributed by atoms with Crippen LogP contribution in [0.25, 0.3) is 0 Å². The second-order valence-corrected chi connectivity index (χ2v) is 4.46. The van der Waals surface area contributed by atoms with Gasteiger partial charge in [-0.1, -0.05) is 0 Å². The average Bonchev–Trinajstić information content (AvgIpc) is 2.25. The highest BCUT2D eigenvalue weighted by Crippen LogP contribution is 2.26. The van der Waals surface area contributed by atoms with Gasteiger partial charge in [0.15, 0.2) is 0 Å². The molecule has 0 radical (unpaired) electrons. The summed E-state index contributed by atoms with van der Waals surface area (Å²) in [4.78, 5) is 8.41. The summed E-state index contributed by atoms with van der Waals surface area (Å²) in [5.74, 6) is 0.812. The highest BCUT2D eigenvalue weighted by atomic mass is 79.9. The summed E-state index contributed by atoms with van der Waals surface area (Å²) >= 11 is 3.51. The Morgan fingerprint density at radius 1 is 1.25 bits per heavy atom. The molecule has 2 aromatic rings. The average molecular weight is 278 g/mol. The van der Waals surface area contributed by atoms with Crippen molar-refractivity contribution in [1.29, 1.82) is 0 Å². The minimum Gasteiger partial charge on any atom is -0.338 e. The quantitative estimate of drug-likeness (QED) is 0.912. The number of nitrogens with one attached hydrogen (secondary N) is 1. The Labute approximate surface area is 103 Å². The van der Waals surface area contributed by atoms with Crippen LogP contribution in [0.3, 0.4) is 0 Å². The summed E-state index contributed by atoms with van der Waals surface area (Å²) in [6, 6.07) is 3.99. The molecule has 0 amide bonds. The molecule has 0 spiro atoms. The van der Waals surface area contributed by atoms with Gasteiger partial charge in [-0.25, -0.2) is 4.98 Å². The maximum Gasteiger partial charge on any atom is 0.144 e. The molecule has 4 heteroatoms. The van der Waals surface area contributed by atoms with Gasteiger partial charge >= 0.3 is 0 Å². The van der Waals surface area contributed by atoms with E-state index in [1.165, 1.54) is 0 Å². The second kappa shape index (κ2) is 4.61. The molecule has 1 N–H and O–H groups in total. The fraction of sp³-hybridized carbons (Fsp3) is 0.167. The van der Waals surface area contributed by atoms with E-state index in [9.17, 15) is 0 Å². The standard InChI is InChI=1S/C12H12BrN3/c1-8-5-10(7-14-6-8)16-12-11(13)9(2)3-4-15-12/h3-7H,1-2H3,(H,15,16). The lowest BCUT2D eigenvalue weighted by atomic mass is 10.2. The number of pyridine rings is 2. The van der Waals surface area contributed by atoms with Crippen molar-refractivity contribution in [1.82, 2.24) is 9.97 Å². The van der Waals surface area contributed by atoms with Crippen LogP contribution in [-0.2, 0) is 0 Å². The van der Waals surface area contributed by atoms with Crippen molar-refractivity contribution >= 4 is 27.4 Å². The molecule has 0 bridgehead atoms. The molecular weight excluding hydrogens is 266 g/mol. The van der Waals surface area contributed by atoms with Gasteiger partial charge in [-0.15, -0.1) is 0 Å². The topological polar surface area (TPSA) is 37.8 Å². The summed E-state index contributed by atoms with van der Waals surface area (Å²) in [6.07, 6.45) is 5.39. The number of rotatable bonds is 2. The Morgan fingerprint density at radius 3 is 2.81 bits per heavy atom. The van der Waals surface area contributed by atoms with Crippen molar-refractivity contribution in [3.63, 3.8) is 0 Å². The lowest BCUT2D eigenvalue weighted by molar-refractivity contribution is 1.22. The molecular formula is C12H12BrN3. The third kappa shape index (κ3) is 2.39. The third-order valence-electron chi connectivity index (χ3n) is 2.22. The normalized spacial score (nSPS) is 10.2. The van der Waals surface area contributed by atoms with Crippen molar-refractivity contribution in [3.8, 4) is 0 Å². The summed E-state index contributed by atoms with van der Waals surface area (Å²) in [6.45, 7) is 4.04. The zero-order valence-corrected chi connectivity index (χ0v) is 10.7. The molecule has 0 aromatic carbocycles. The van der Waals surface area contributed by atoms with Gasteiger partial charge in [0.05, 0.1) is 16.4 Å². The smallest absolute Gasteiger partial charge is 0.144 e. The van der Waals surface area contributed by atoms with Gasteiger partial charge in [0.2, 0.25) is 0 Å². The summed E-state index contributed by atoms with van der Waals surface area (Å²) < 4.78 is 0.983. The first-order valence-corrected chi connectivity index (χ1v) is 5.76. The van der Waals surface area contributed by atoms with Crippen LogP contribution in [0.15, 0.2) is 35.2 Å². The van der Waals surface area contributed by atoms with E-state index < -0.39 is 0 Å². The molecule has 0 aliphatic carbocycles. The number of aryl methyl sites for hydroxylation is 2. The Kier molecular flexibility index (Phi) is 3.19. The van der Waals surface area contributed by atoms with Crippen molar-refractivity contribution < 1.29 is 0 Å². The lowest BCUT2D eigenvalue weighted by Crippen LogP contribution is -1.96. The number of halogens is 1. The molecule has 0 aliphatic rings. The van der Waals surface area contributed by atoms with E-state index in [2.05, 4.69) is 31.2 Å². The van der Waals surface area contributed by atoms with Crippen LogP contribution in [0.1, 0.15) is 11.1 Å². The molecule has 3 nitrogen and oxygen atoms in total. The van der Waals surface area contributed by atoms with Gasteiger partial charge in [-0.05, 0) is 53.0 Å². The summed E-state index contributed by atoms with van der Waals surface area (Å²) in [7, 11) is 0. The highest BCUT2D eigenvalue weighted by molar-refractivity contribution is 9.10. The molecule has 0 unspecified atom stereocenters. The SMILES string of the molecule is Cc1cncc(Nc2nccc(C)c2Br)c1. The lowest BCUT2D eigenvalue weighted by Gasteiger charge is -2.08. The number of aromatic nitrogens is 2. The molecule has 2 heterocycles. The van der Waals surface area contributed by atoms with Crippen LogP contribution in [-0.4, -0.2) is 9.97 Å². The minimum atomic E-state index is 0.812. The monoisotopic (exact) mass is 277 g/mol. The number of hydrogen-bond acceptors (Lipinski definition) is 3. The van der Waals surface area contributed by atoms with Gasteiger partial charge in [0.1, 0.15) is 5.82 Å². The fourth-order valence-corrected chi connectivity index (χ4v) is 1.72. The molecule has 0 saturated heterocycles. The first-order chi connectivity index (χ1) is 7.66. The first-order valence-electron chi connectivity index (χ1n) is 4.96. The van der Waals surface area contributed by atoms with Gasteiger partial charge < -0.3 is 5.32 Å². The van der Waals surface area contributed by atoms with Crippen LogP contribution in [0, 0.1) is 13.8 Å². The number of anilines is 2. The predicted octanol–water partition coefficient (Wildman–Crippen LogP) is 3.60. The second-order valence-electron chi connectivity index (χ2n) is 3.67. The molecule has 0 atom stereocenters. The Balaban J connectivity index is 2.31. The molecule has 0 fully saturated rings. The van der Waals surface area contributed by atoms with Gasteiger partial charge in [-0.2, -0.15) is 0 Å². The molecule has 2 aromatic heterocycles. The van der Waals surface area contributed by atoms with E-state index in [0.717, 1.165) is 27.1 Å². The van der Waals surface area contributed by atoms with Gasteiger partial charge in [0, 0.05) is 12.4 Å². The van der Waals surface area contributed by atoms with Gasteiger partial charge in [-0.3, -0.25) is 4.98 Å². The maximum absolute atomic E-state index is 4.28. The van der Waals surface area contributed by atoms with E-state index in [1.807, 2.05) is 32.2 Å². The fourth-order valence-electron chi connectivity index (χ4n) is 1.39. The van der Waals surface area contributed by atoms with E-state index in [1.54, 1.807) is 12.4 Å². The number of hydrogen-bond donors (Lipinski definition) is 1. The van der Waals surface area contributed by atoms with Crippen LogP contribution in [0.4, 0.5) is 11.5 Å². The van der Waals surface area contributed by atoms with E-state index in [-0.39, 0.29) is 0 Å². The summed E-state index contributed by atoms with van der Waals surface area (Å²) in [5, 5.41) is 3.23. The molecule has 16 heavy (non-hydrogen) atoms. The Hall–Kier alpha value is -1.42. The first kappa shape index (κ1) is 11.1. The van der Waals surface area contributed by atoms with E-state index in [0.29, 0.717) is 0 Å². The van der Waals surface area contributed by atoms with Gasteiger partial charge in [0.25, 0.3) is 0 Å². The minimum absolute atomic E-state index is 0.812. The Morgan fingerprint density at radius 2 is 2.06 bits per heavy atom. The van der Waals surface area contributed by atoms with Crippen LogP contribution in [0.2, 0.25) is 0 Å². The summed E-state index contributed by atoms with van der Waals surface area (Å²) in [5.41, 5.74) is 3.21. The van der Waals surface area contributed by atoms with Crippen LogP contribution >= 0.6 is 15.9 Å². The zero-order chi connectivity index (χ0) is 11.5. The van der Waals surface area contributed by atoms with Crippen LogP contribution in [0.5, 0.6) is 0 Å². The predicted molar refractivity (Wildman–Crippen MR) is 68.9 cm³/mol. The largest absolute Gasteiger partial charge is 0.338 e. The van der Waals surface area contributed by atoms with E-state index in [4.69, 9.17) is 0 Å².